The Morgan fingerprint density at radius 2 is 1.36 bits per heavy atom. The molecular weight excluding hydrogens is 504 g/mol. The summed E-state index contributed by atoms with van der Waals surface area (Å²) in [5.74, 6) is -3.11. The lowest BCUT2D eigenvalue weighted by Crippen LogP contribution is -2.59. The largest absolute Gasteiger partial charge is 0.508 e. The van der Waals surface area contributed by atoms with Gasteiger partial charge in [0, 0.05) is 12.8 Å². The average Bonchev–Trinajstić information content (AvgIpc) is 3.44. The van der Waals surface area contributed by atoms with E-state index < -0.39 is 47.9 Å². The molecule has 2 aromatic carbocycles. The Morgan fingerprint density at radius 3 is 1.82 bits per heavy atom. The molecule has 0 aliphatic carbocycles. The molecule has 1 aliphatic rings. The molecule has 1 saturated heterocycles. The van der Waals surface area contributed by atoms with Crippen molar-refractivity contribution in [3.63, 3.8) is 0 Å². The minimum atomic E-state index is -1.26. The van der Waals surface area contributed by atoms with E-state index in [1.165, 1.54) is 24.3 Å². The van der Waals surface area contributed by atoms with Crippen LogP contribution in [0, 0.1) is 5.92 Å². The van der Waals surface area contributed by atoms with E-state index in [9.17, 15) is 34.5 Å². The molecule has 11 nitrogen and oxygen atoms in total. The number of rotatable bonds is 12. The fourth-order valence-corrected chi connectivity index (χ4v) is 4.38. The first kappa shape index (κ1) is 29.4. The van der Waals surface area contributed by atoms with Crippen molar-refractivity contribution >= 4 is 23.7 Å². The summed E-state index contributed by atoms with van der Waals surface area (Å²) in [6.45, 7) is 4.14. The lowest BCUT2D eigenvalue weighted by atomic mass is 9.99. The minimum absolute atomic E-state index is 0.0198. The molecule has 11 heteroatoms. The summed E-state index contributed by atoms with van der Waals surface area (Å²) in [5.41, 5.74) is 1.29. The smallest absolute Gasteiger partial charge is 0.326 e. The lowest BCUT2D eigenvalue weighted by Gasteiger charge is -2.27. The van der Waals surface area contributed by atoms with Crippen LogP contribution in [0.5, 0.6) is 11.5 Å². The van der Waals surface area contributed by atoms with E-state index in [2.05, 4.69) is 21.3 Å². The molecule has 1 heterocycles. The molecule has 7 N–H and O–H groups in total. The third-order valence-corrected chi connectivity index (χ3v) is 6.62. The number of carboxylic acids is 1. The van der Waals surface area contributed by atoms with Crippen LogP contribution in [-0.4, -0.2) is 69.7 Å². The zero-order valence-corrected chi connectivity index (χ0v) is 22.0. The normalized spacial score (nSPS) is 17.2. The lowest BCUT2D eigenvalue weighted by molar-refractivity contribution is -0.142. The van der Waals surface area contributed by atoms with Crippen molar-refractivity contribution in [2.75, 3.05) is 6.54 Å². The van der Waals surface area contributed by atoms with E-state index in [1.54, 1.807) is 38.1 Å². The topological polar surface area (TPSA) is 177 Å². The van der Waals surface area contributed by atoms with Gasteiger partial charge in [0.2, 0.25) is 17.7 Å². The second kappa shape index (κ2) is 13.6. The number of aliphatic carboxylic acids is 1. The molecule has 0 bridgehead atoms. The highest BCUT2D eigenvalue weighted by Gasteiger charge is 2.33. The van der Waals surface area contributed by atoms with Gasteiger partial charge in [0.1, 0.15) is 29.6 Å². The van der Waals surface area contributed by atoms with Crippen molar-refractivity contribution in [3.8, 4) is 11.5 Å². The van der Waals surface area contributed by atoms with Crippen LogP contribution in [0.2, 0.25) is 0 Å². The number of hydrogen-bond acceptors (Lipinski definition) is 7. The van der Waals surface area contributed by atoms with Crippen LogP contribution >= 0.6 is 0 Å². The fraction of sp³-hybridized carbons (Fsp3) is 0.429. The van der Waals surface area contributed by atoms with Crippen LogP contribution in [0.15, 0.2) is 48.5 Å². The summed E-state index contributed by atoms with van der Waals surface area (Å²) in [5, 5.41) is 39.8. The van der Waals surface area contributed by atoms with E-state index in [0.29, 0.717) is 24.1 Å². The van der Waals surface area contributed by atoms with E-state index in [-0.39, 0.29) is 30.2 Å². The van der Waals surface area contributed by atoms with Gasteiger partial charge < -0.3 is 36.6 Å². The Balaban J connectivity index is 1.73. The van der Waals surface area contributed by atoms with Crippen LogP contribution < -0.4 is 21.3 Å². The Bertz CT molecular complexity index is 1150. The van der Waals surface area contributed by atoms with E-state index >= 15 is 0 Å². The predicted octanol–water partition coefficient (Wildman–Crippen LogP) is 0.830. The summed E-state index contributed by atoms with van der Waals surface area (Å²) < 4.78 is 0. The molecule has 1 aliphatic heterocycles. The molecule has 1 fully saturated rings. The highest BCUT2D eigenvalue weighted by atomic mass is 16.4. The molecule has 2 aromatic rings. The predicted molar refractivity (Wildman–Crippen MR) is 143 cm³/mol. The van der Waals surface area contributed by atoms with Crippen molar-refractivity contribution in [1.29, 1.82) is 0 Å². The number of aromatic hydroxyl groups is 2. The maximum atomic E-state index is 13.4. The first-order valence-corrected chi connectivity index (χ1v) is 13.0. The van der Waals surface area contributed by atoms with Gasteiger partial charge in [-0.25, -0.2) is 4.79 Å². The molecule has 4 unspecified atom stereocenters. The second-order valence-corrected chi connectivity index (χ2v) is 10.1. The molecule has 39 heavy (non-hydrogen) atoms. The zero-order chi connectivity index (χ0) is 28.5. The standard InChI is InChI=1S/C28H36N4O7/c1-16(2)24(27(37)31-23(28(38)39)15-18-7-11-20(34)12-8-18)32-26(36)22(14-17-5-9-19(33)10-6-17)30-25(35)21-4-3-13-29-21/h5-12,16,21-24,29,33-34H,3-4,13-15H2,1-2H3,(H,30,35)(H,31,37)(H,32,36)(H,38,39). The molecule has 0 radical (unpaired) electrons. The summed E-state index contributed by atoms with van der Waals surface area (Å²) in [4.78, 5) is 51.3. The van der Waals surface area contributed by atoms with Gasteiger partial charge in [0.25, 0.3) is 0 Å². The van der Waals surface area contributed by atoms with Crippen LogP contribution in [0.4, 0.5) is 0 Å². The van der Waals surface area contributed by atoms with Crippen molar-refractivity contribution in [1.82, 2.24) is 21.3 Å². The maximum absolute atomic E-state index is 13.4. The van der Waals surface area contributed by atoms with E-state index in [4.69, 9.17) is 0 Å². The van der Waals surface area contributed by atoms with Gasteiger partial charge in [0.15, 0.2) is 0 Å². The number of carbonyl (C=O) groups excluding carboxylic acids is 3. The fourth-order valence-electron chi connectivity index (χ4n) is 4.38. The molecule has 0 aromatic heterocycles. The van der Waals surface area contributed by atoms with E-state index in [0.717, 1.165) is 6.42 Å². The van der Waals surface area contributed by atoms with Crippen molar-refractivity contribution in [2.24, 2.45) is 5.92 Å². The van der Waals surface area contributed by atoms with E-state index in [1.807, 2.05) is 0 Å². The highest BCUT2D eigenvalue weighted by molar-refractivity contribution is 5.94. The number of carbonyl (C=O) groups is 4. The van der Waals surface area contributed by atoms with Crippen LogP contribution in [0.3, 0.4) is 0 Å². The SMILES string of the molecule is CC(C)C(NC(=O)C(Cc1ccc(O)cc1)NC(=O)C1CCCN1)C(=O)NC(Cc1ccc(O)cc1)C(=O)O. The molecule has 0 spiro atoms. The van der Waals surface area contributed by atoms with Gasteiger partial charge in [-0.15, -0.1) is 0 Å². The number of phenolic OH excluding ortho intramolecular Hbond substituents is 2. The van der Waals surface area contributed by atoms with Gasteiger partial charge in [-0.1, -0.05) is 38.1 Å². The Morgan fingerprint density at radius 1 is 0.821 bits per heavy atom. The summed E-state index contributed by atoms with van der Waals surface area (Å²) >= 11 is 0. The van der Waals surface area contributed by atoms with Crippen LogP contribution in [0.1, 0.15) is 37.8 Å². The highest BCUT2D eigenvalue weighted by Crippen LogP contribution is 2.14. The first-order valence-electron chi connectivity index (χ1n) is 13.0. The maximum Gasteiger partial charge on any atom is 0.326 e. The second-order valence-electron chi connectivity index (χ2n) is 10.1. The van der Waals surface area contributed by atoms with Crippen LogP contribution in [-0.2, 0) is 32.0 Å². The molecule has 4 atom stereocenters. The number of phenols is 2. The third-order valence-electron chi connectivity index (χ3n) is 6.62. The number of hydrogen-bond donors (Lipinski definition) is 7. The molecule has 0 saturated carbocycles. The number of amides is 3. The van der Waals surface area contributed by atoms with Gasteiger partial charge in [-0.2, -0.15) is 0 Å². The quantitative estimate of drug-likeness (QED) is 0.207. The van der Waals surface area contributed by atoms with Crippen molar-refractivity contribution < 1.29 is 34.5 Å². The van der Waals surface area contributed by atoms with Crippen molar-refractivity contribution in [3.05, 3.63) is 59.7 Å². The Kier molecular flexibility index (Phi) is 10.3. The summed E-state index contributed by atoms with van der Waals surface area (Å²) in [6.07, 6.45) is 1.59. The van der Waals surface area contributed by atoms with Gasteiger partial charge >= 0.3 is 5.97 Å². The number of nitrogens with one attached hydrogen (secondary N) is 4. The minimum Gasteiger partial charge on any atom is -0.508 e. The van der Waals surface area contributed by atoms with Crippen LogP contribution in [0.25, 0.3) is 0 Å². The zero-order valence-electron chi connectivity index (χ0n) is 22.0. The van der Waals surface area contributed by atoms with Gasteiger partial charge in [0.05, 0.1) is 6.04 Å². The van der Waals surface area contributed by atoms with Gasteiger partial charge in [-0.05, 0) is 60.7 Å². The average molecular weight is 541 g/mol. The summed E-state index contributed by atoms with van der Waals surface area (Å²) in [6, 6.07) is 8.48. The third kappa shape index (κ3) is 8.71. The summed E-state index contributed by atoms with van der Waals surface area (Å²) in [7, 11) is 0. The molecule has 3 rings (SSSR count). The Hall–Kier alpha value is -4.12. The van der Waals surface area contributed by atoms with Crippen molar-refractivity contribution in [2.45, 2.75) is 63.7 Å². The first-order chi connectivity index (χ1) is 18.5. The Labute approximate surface area is 227 Å². The van der Waals surface area contributed by atoms with Gasteiger partial charge in [-0.3, -0.25) is 14.4 Å². The monoisotopic (exact) mass is 540 g/mol. The number of benzene rings is 2. The molecular formula is C28H36N4O7. The molecule has 210 valence electrons. The number of carboxylic acid groups (broad SMARTS) is 1. The molecule has 3 amide bonds.